The molecule has 1 N–H and O–H groups in total. The van der Waals surface area contributed by atoms with E-state index in [2.05, 4.69) is 21.2 Å². The summed E-state index contributed by atoms with van der Waals surface area (Å²) >= 11 is 3.23. The van der Waals surface area contributed by atoms with E-state index in [1.807, 2.05) is 0 Å². The third-order valence-electron chi connectivity index (χ3n) is 4.23. The van der Waals surface area contributed by atoms with Gasteiger partial charge in [-0.25, -0.2) is 9.18 Å². The number of carbonyl (C=O) groups excluding carboxylic acids is 3. The Kier molecular flexibility index (Phi) is 4.53. The number of urea groups is 1. The van der Waals surface area contributed by atoms with E-state index >= 15 is 0 Å². The number of imide groups is 2. The first kappa shape index (κ1) is 18.1. The number of hydrogen-bond donors (Lipinski definition) is 1. The number of amides is 4. The molecule has 0 radical (unpaired) electrons. The van der Waals surface area contributed by atoms with E-state index in [1.165, 1.54) is 19.2 Å². The van der Waals surface area contributed by atoms with Crippen molar-refractivity contribution in [2.24, 2.45) is 0 Å². The summed E-state index contributed by atoms with van der Waals surface area (Å²) < 4.78 is 16.7. The van der Waals surface area contributed by atoms with E-state index in [9.17, 15) is 18.8 Å². The number of aromatic nitrogens is 1. The molecule has 4 amide bonds. The predicted octanol–water partition coefficient (Wildman–Crippen LogP) is 3.09. The number of rotatable bonds is 2. The van der Waals surface area contributed by atoms with Crippen molar-refractivity contribution >= 4 is 39.9 Å². The average Bonchev–Trinajstić information content (AvgIpc) is 2.84. The number of hydrogen-bond acceptors (Lipinski definition) is 3. The van der Waals surface area contributed by atoms with E-state index in [1.54, 1.807) is 36.6 Å². The third kappa shape index (κ3) is 2.96. The molecule has 2 aromatic rings. The van der Waals surface area contributed by atoms with Crippen molar-refractivity contribution in [2.45, 2.75) is 13.8 Å². The lowest BCUT2D eigenvalue weighted by atomic mass is 10.1. The first-order valence-electron chi connectivity index (χ1n) is 7.70. The van der Waals surface area contributed by atoms with Gasteiger partial charge in [-0.15, -0.1) is 0 Å². The Hall–Kier alpha value is -2.74. The van der Waals surface area contributed by atoms with Gasteiger partial charge < -0.3 is 4.57 Å². The van der Waals surface area contributed by atoms with Crippen LogP contribution in [0.5, 0.6) is 0 Å². The summed E-state index contributed by atoms with van der Waals surface area (Å²) in [7, 11) is 1.29. The second-order valence-corrected chi connectivity index (χ2v) is 6.85. The van der Waals surface area contributed by atoms with Gasteiger partial charge >= 0.3 is 6.03 Å². The van der Waals surface area contributed by atoms with Crippen molar-refractivity contribution in [3.05, 3.63) is 57.1 Å². The number of nitrogens with zero attached hydrogens (tertiary/aromatic N) is 2. The molecule has 0 unspecified atom stereocenters. The lowest BCUT2D eigenvalue weighted by Gasteiger charge is -2.22. The SMILES string of the molecule is Cc1cc(/C=C2\C(=O)NC(=O)N(C)C2=O)c(C)n1-c1ccc(Br)cc1F. The van der Waals surface area contributed by atoms with Crippen LogP contribution in [-0.4, -0.2) is 34.4 Å². The van der Waals surface area contributed by atoms with Crippen LogP contribution in [0.4, 0.5) is 9.18 Å². The van der Waals surface area contributed by atoms with Crippen molar-refractivity contribution < 1.29 is 18.8 Å². The minimum absolute atomic E-state index is 0.149. The van der Waals surface area contributed by atoms with Gasteiger partial charge in [0.25, 0.3) is 11.8 Å². The largest absolute Gasteiger partial charge is 0.331 e. The molecule has 0 bridgehead atoms. The molecule has 1 fully saturated rings. The summed E-state index contributed by atoms with van der Waals surface area (Å²) in [6.07, 6.45) is 1.41. The fourth-order valence-electron chi connectivity index (χ4n) is 2.87. The Labute approximate surface area is 157 Å². The van der Waals surface area contributed by atoms with E-state index < -0.39 is 23.7 Å². The summed E-state index contributed by atoms with van der Waals surface area (Å²) in [5, 5.41) is 2.10. The van der Waals surface area contributed by atoms with Crippen LogP contribution < -0.4 is 5.32 Å². The van der Waals surface area contributed by atoms with Gasteiger partial charge in [0.05, 0.1) is 5.69 Å². The highest BCUT2D eigenvalue weighted by Gasteiger charge is 2.33. The van der Waals surface area contributed by atoms with Gasteiger partial charge in [-0.3, -0.25) is 19.8 Å². The third-order valence-corrected chi connectivity index (χ3v) is 4.72. The number of barbiturate groups is 1. The second-order valence-electron chi connectivity index (χ2n) is 5.94. The molecule has 26 heavy (non-hydrogen) atoms. The minimum Gasteiger partial charge on any atom is -0.315 e. The van der Waals surface area contributed by atoms with Gasteiger partial charge in [0.2, 0.25) is 0 Å². The normalized spacial score (nSPS) is 16.4. The molecular formula is C18H15BrFN3O3. The molecule has 0 aliphatic carbocycles. The molecular weight excluding hydrogens is 405 g/mol. The fraction of sp³-hybridized carbons (Fsp3) is 0.167. The molecule has 1 aromatic carbocycles. The van der Waals surface area contributed by atoms with E-state index in [4.69, 9.17) is 0 Å². The smallest absolute Gasteiger partial charge is 0.315 e. The number of nitrogens with one attached hydrogen (secondary N) is 1. The monoisotopic (exact) mass is 419 g/mol. The van der Waals surface area contributed by atoms with Gasteiger partial charge in [0, 0.05) is 22.9 Å². The minimum atomic E-state index is -0.764. The highest BCUT2D eigenvalue weighted by atomic mass is 79.9. The van der Waals surface area contributed by atoms with Crippen LogP contribution in [0.1, 0.15) is 17.0 Å². The molecule has 0 spiro atoms. The van der Waals surface area contributed by atoms with Crippen LogP contribution in [0, 0.1) is 19.7 Å². The van der Waals surface area contributed by atoms with Gasteiger partial charge in [-0.05, 0) is 49.8 Å². The topological polar surface area (TPSA) is 71.4 Å². The molecule has 2 heterocycles. The van der Waals surface area contributed by atoms with Crippen molar-refractivity contribution in [1.29, 1.82) is 0 Å². The molecule has 8 heteroatoms. The highest BCUT2D eigenvalue weighted by molar-refractivity contribution is 9.10. The van der Waals surface area contributed by atoms with E-state index in [0.29, 0.717) is 21.4 Å². The van der Waals surface area contributed by atoms with Crippen LogP contribution in [0.2, 0.25) is 0 Å². The Morgan fingerprint density at radius 3 is 2.50 bits per heavy atom. The molecule has 1 aliphatic heterocycles. The maximum absolute atomic E-state index is 14.4. The maximum Gasteiger partial charge on any atom is 0.331 e. The van der Waals surface area contributed by atoms with E-state index in [0.717, 1.165) is 10.6 Å². The zero-order valence-corrected chi connectivity index (χ0v) is 15.8. The average molecular weight is 420 g/mol. The summed E-state index contributed by atoms with van der Waals surface area (Å²) in [5.74, 6) is -1.84. The summed E-state index contributed by atoms with van der Waals surface area (Å²) in [4.78, 5) is 36.5. The Balaban J connectivity index is 2.10. The van der Waals surface area contributed by atoms with Crippen LogP contribution in [0.25, 0.3) is 11.8 Å². The summed E-state index contributed by atoms with van der Waals surface area (Å²) in [5.41, 5.74) is 2.20. The first-order chi connectivity index (χ1) is 12.2. The van der Waals surface area contributed by atoms with Crippen LogP contribution in [0.3, 0.4) is 0 Å². The molecule has 1 saturated heterocycles. The fourth-order valence-corrected chi connectivity index (χ4v) is 3.20. The maximum atomic E-state index is 14.4. The van der Waals surface area contributed by atoms with Gasteiger partial charge in [0.15, 0.2) is 0 Å². The standard InChI is InChI=1S/C18H15BrFN3O3/c1-9-6-11(7-13-16(24)21-18(26)22(3)17(13)25)10(2)23(9)15-5-4-12(19)8-14(15)20/h4-8H,1-3H3,(H,21,24,26)/b13-7+. The van der Waals surface area contributed by atoms with Crippen molar-refractivity contribution in [2.75, 3.05) is 7.05 Å². The lowest BCUT2D eigenvalue weighted by molar-refractivity contribution is -0.129. The van der Waals surface area contributed by atoms with Gasteiger partial charge in [-0.1, -0.05) is 15.9 Å². The van der Waals surface area contributed by atoms with Crippen molar-refractivity contribution in [1.82, 2.24) is 14.8 Å². The lowest BCUT2D eigenvalue weighted by Crippen LogP contribution is -2.52. The zero-order chi connectivity index (χ0) is 19.2. The number of halogens is 2. The predicted molar refractivity (Wildman–Crippen MR) is 97.2 cm³/mol. The van der Waals surface area contributed by atoms with Gasteiger partial charge in [-0.2, -0.15) is 0 Å². The summed E-state index contributed by atoms with van der Waals surface area (Å²) in [6.45, 7) is 3.57. The summed E-state index contributed by atoms with van der Waals surface area (Å²) in [6, 6.07) is 5.72. The quantitative estimate of drug-likeness (QED) is 0.600. The van der Waals surface area contributed by atoms with Crippen molar-refractivity contribution in [3.8, 4) is 5.69 Å². The number of likely N-dealkylation sites (N-methyl/N-ethyl adjacent to an activating group) is 1. The van der Waals surface area contributed by atoms with Crippen LogP contribution in [0.15, 0.2) is 34.3 Å². The highest BCUT2D eigenvalue weighted by Crippen LogP contribution is 2.26. The molecule has 6 nitrogen and oxygen atoms in total. The molecule has 1 aromatic heterocycles. The molecule has 1 aliphatic rings. The Morgan fingerprint density at radius 2 is 1.85 bits per heavy atom. The molecule has 0 saturated carbocycles. The number of benzene rings is 1. The molecule has 134 valence electrons. The Bertz CT molecular complexity index is 994. The molecule has 0 atom stereocenters. The number of carbonyl (C=O) groups is 3. The Morgan fingerprint density at radius 1 is 1.15 bits per heavy atom. The zero-order valence-electron chi connectivity index (χ0n) is 14.3. The van der Waals surface area contributed by atoms with Crippen LogP contribution in [-0.2, 0) is 9.59 Å². The first-order valence-corrected chi connectivity index (χ1v) is 8.49. The number of aryl methyl sites for hydroxylation is 1. The van der Waals surface area contributed by atoms with E-state index in [-0.39, 0.29) is 5.57 Å². The van der Waals surface area contributed by atoms with Crippen molar-refractivity contribution in [3.63, 3.8) is 0 Å². The molecule has 3 rings (SSSR count). The second kappa shape index (κ2) is 6.53. The van der Waals surface area contributed by atoms with Gasteiger partial charge in [0.1, 0.15) is 11.4 Å². The van der Waals surface area contributed by atoms with Crippen LogP contribution >= 0.6 is 15.9 Å².